The minimum absolute atomic E-state index is 0.311. The highest BCUT2D eigenvalue weighted by molar-refractivity contribution is 5.76. The molecule has 3 nitrogen and oxygen atoms in total. The van der Waals surface area contributed by atoms with Crippen molar-refractivity contribution in [2.24, 2.45) is 5.92 Å². The number of nitrogens with zero attached hydrogens (tertiary/aromatic N) is 1. The molecule has 1 aromatic rings. The van der Waals surface area contributed by atoms with Gasteiger partial charge in [-0.2, -0.15) is 0 Å². The summed E-state index contributed by atoms with van der Waals surface area (Å²) in [5.41, 5.74) is 7.72. The van der Waals surface area contributed by atoms with E-state index < -0.39 is 0 Å². The smallest absolute Gasteiger partial charge is 0.223 e. The normalized spacial score (nSPS) is 15.9. The summed E-state index contributed by atoms with van der Waals surface area (Å²) in [6.07, 6.45) is 8.10. The van der Waals surface area contributed by atoms with Gasteiger partial charge in [-0.15, -0.1) is 0 Å². The molecule has 0 radical (unpaired) electrons. The van der Waals surface area contributed by atoms with Gasteiger partial charge in [0, 0.05) is 25.2 Å². The second-order valence-electron chi connectivity index (χ2n) is 6.27. The Bertz CT molecular complexity index is 452. The van der Waals surface area contributed by atoms with E-state index in [4.69, 9.17) is 5.73 Å². The van der Waals surface area contributed by atoms with Gasteiger partial charge in [-0.1, -0.05) is 38.3 Å². The third-order valence-corrected chi connectivity index (χ3v) is 4.36. The molecule has 1 saturated carbocycles. The molecule has 0 saturated heterocycles. The SMILES string of the molecule is CCCN(Cc1cccc(N)c1)C(=O)CC1CCCCC1. The van der Waals surface area contributed by atoms with Crippen molar-refractivity contribution in [2.45, 2.75) is 58.4 Å². The minimum atomic E-state index is 0.311. The lowest BCUT2D eigenvalue weighted by atomic mass is 9.86. The predicted octanol–water partition coefficient (Wildman–Crippen LogP) is 3.98. The van der Waals surface area contributed by atoms with E-state index in [1.807, 2.05) is 29.2 Å². The largest absolute Gasteiger partial charge is 0.399 e. The van der Waals surface area contributed by atoms with Crippen molar-refractivity contribution in [1.29, 1.82) is 0 Å². The van der Waals surface area contributed by atoms with Crippen LogP contribution in [-0.2, 0) is 11.3 Å². The molecule has 1 fully saturated rings. The van der Waals surface area contributed by atoms with Gasteiger partial charge >= 0.3 is 0 Å². The molecule has 0 heterocycles. The molecule has 0 aromatic heterocycles. The van der Waals surface area contributed by atoms with Gasteiger partial charge in [0.05, 0.1) is 0 Å². The van der Waals surface area contributed by atoms with Crippen molar-refractivity contribution in [3.8, 4) is 0 Å². The van der Waals surface area contributed by atoms with Crippen LogP contribution in [0.25, 0.3) is 0 Å². The quantitative estimate of drug-likeness (QED) is 0.805. The fourth-order valence-corrected chi connectivity index (χ4v) is 3.24. The summed E-state index contributed by atoms with van der Waals surface area (Å²) in [6, 6.07) is 7.86. The molecule has 0 atom stereocenters. The lowest BCUT2D eigenvalue weighted by Gasteiger charge is -2.27. The van der Waals surface area contributed by atoms with E-state index in [0.717, 1.165) is 30.6 Å². The lowest BCUT2D eigenvalue weighted by molar-refractivity contribution is -0.133. The Balaban J connectivity index is 1.95. The van der Waals surface area contributed by atoms with Gasteiger partial charge in [-0.05, 0) is 42.9 Å². The van der Waals surface area contributed by atoms with Crippen molar-refractivity contribution in [3.05, 3.63) is 29.8 Å². The molecule has 21 heavy (non-hydrogen) atoms. The van der Waals surface area contributed by atoms with Crippen LogP contribution in [0.15, 0.2) is 24.3 Å². The number of carbonyl (C=O) groups is 1. The van der Waals surface area contributed by atoms with E-state index in [9.17, 15) is 4.79 Å². The Morgan fingerprint density at radius 2 is 2.05 bits per heavy atom. The summed E-state index contributed by atoms with van der Waals surface area (Å²) < 4.78 is 0. The average molecular weight is 288 g/mol. The number of nitrogens with two attached hydrogens (primary N) is 1. The highest BCUT2D eigenvalue weighted by atomic mass is 16.2. The van der Waals surface area contributed by atoms with Crippen molar-refractivity contribution in [2.75, 3.05) is 12.3 Å². The molecule has 1 amide bonds. The zero-order valence-electron chi connectivity index (χ0n) is 13.2. The topological polar surface area (TPSA) is 46.3 Å². The van der Waals surface area contributed by atoms with Crippen LogP contribution >= 0.6 is 0 Å². The molecule has 116 valence electrons. The number of carbonyl (C=O) groups excluding carboxylic acids is 1. The van der Waals surface area contributed by atoms with E-state index in [-0.39, 0.29) is 0 Å². The van der Waals surface area contributed by atoms with Crippen molar-refractivity contribution < 1.29 is 4.79 Å². The highest BCUT2D eigenvalue weighted by Gasteiger charge is 2.20. The van der Waals surface area contributed by atoms with Gasteiger partial charge in [0.1, 0.15) is 0 Å². The van der Waals surface area contributed by atoms with Gasteiger partial charge in [0.15, 0.2) is 0 Å². The molecule has 0 spiro atoms. The first-order valence-corrected chi connectivity index (χ1v) is 8.31. The van der Waals surface area contributed by atoms with Gasteiger partial charge in [-0.25, -0.2) is 0 Å². The number of hydrogen-bond donors (Lipinski definition) is 1. The molecule has 2 rings (SSSR count). The second-order valence-corrected chi connectivity index (χ2v) is 6.27. The summed E-state index contributed by atoms with van der Waals surface area (Å²) >= 11 is 0. The number of amides is 1. The highest BCUT2D eigenvalue weighted by Crippen LogP contribution is 2.27. The Hall–Kier alpha value is -1.51. The Morgan fingerprint density at radius 3 is 2.71 bits per heavy atom. The monoisotopic (exact) mass is 288 g/mol. The van der Waals surface area contributed by atoms with E-state index in [2.05, 4.69) is 6.92 Å². The standard InChI is InChI=1S/C18H28N2O/c1-2-11-20(14-16-9-6-10-17(19)12-16)18(21)13-15-7-4-3-5-8-15/h6,9-10,12,15H,2-5,7-8,11,13-14,19H2,1H3. The zero-order valence-corrected chi connectivity index (χ0v) is 13.2. The molecule has 2 N–H and O–H groups in total. The van der Waals surface area contributed by atoms with Crippen LogP contribution in [0.1, 0.15) is 57.4 Å². The van der Waals surface area contributed by atoms with E-state index in [1.165, 1.54) is 32.1 Å². The van der Waals surface area contributed by atoms with Crippen LogP contribution in [0.3, 0.4) is 0 Å². The van der Waals surface area contributed by atoms with E-state index >= 15 is 0 Å². The summed E-state index contributed by atoms with van der Waals surface area (Å²) in [6.45, 7) is 3.64. The molecule has 3 heteroatoms. The van der Waals surface area contributed by atoms with Crippen LogP contribution in [0.5, 0.6) is 0 Å². The minimum Gasteiger partial charge on any atom is -0.399 e. The number of rotatable bonds is 6. The van der Waals surface area contributed by atoms with Gasteiger partial charge in [0.25, 0.3) is 0 Å². The van der Waals surface area contributed by atoms with E-state index in [0.29, 0.717) is 18.4 Å². The Labute approximate surface area is 128 Å². The predicted molar refractivity (Wildman–Crippen MR) is 87.8 cm³/mol. The number of hydrogen-bond acceptors (Lipinski definition) is 2. The molecule has 1 aromatic carbocycles. The average Bonchev–Trinajstić information content (AvgIpc) is 2.48. The molecule has 1 aliphatic rings. The Kier molecular flexibility index (Phi) is 6.09. The van der Waals surface area contributed by atoms with Gasteiger partial charge < -0.3 is 10.6 Å². The van der Waals surface area contributed by atoms with Crippen LogP contribution in [0, 0.1) is 5.92 Å². The maximum absolute atomic E-state index is 12.6. The molecule has 0 unspecified atom stereocenters. The van der Waals surface area contributed by atoms with Crippen LogP contribution in [0.2, 0.25) is 0 Å². The van der Waals surface area contributed by atoms with Crippen molar-refractivity contribution in [1.82, 2.24) is 4.90 Å². The molecular formula is C18H28N2O. The summed E-state index contributed by atoms with van der Waals surface area (Å²) in [5, 5.41) is 0. The first kappa shape index (κ1) is 15.9. The maximum atomic E-state index is 12.6. The van der Waals surface area contributed by atoms with Gasteiger partial charge in [-0.3, -0.25) is 4.79 Å². The molecule has 1 aliphatic carbocycles. The fourth-order valence-electron chi connectivity index (χ4n) is 3.24. The summed E-state index contributed by atoms with van der Waals surface area (Å²) in [5.74, 6) is 0.914. The summed E-state index contributed by atoms with van der Waals surface area (Å²) in [4.78, 5) is 14.6. The van der Waals surface area contributed by atoms with Crippen LogP contribution in [-0.4, -0.2) is 17.4 Å². The first-order chi connectivity index (χ1) is 10.2. The number of benzene rings is 1. The third-order valence-electron chi connectivity index (χ3n) is 4.36. The van der Waals surface area contributed by atoms with Crippen LogP contribution < -0.4 is 5.73 Å². The van der Waals surface area contributed by atoms with Crippen molar-refractivity contribution in [3.63, 3.8) is 0 Å². The lowest BCUT2D eigenvalue weighted by Crippen LogP contribution is -2.33. The maximum Gasteiger partial charge on any atom is 0.223 e. The molecule has 0 aliphatic heterocycles. The summed E-state index contributed by atoms with van der Waals surface area (Å²) in [7, 11) is 0. The fraction of sp³-hybridized carbons (Fsp3) is 0.611. The molecule has 0 bridgehead atoms. The third kappa shape index (κ3) is 5.07. The van der Waals surface area contributed by atoms with Crippen molar-refractivity contribution >= 4 is 11.6 Å². The number of anilines is 1. The molecular weight excluding hydrogens is 260 g/mol. The Morgan fingerprint density at radius 1 is 1.29 bits per heavy atom. The number of nitrogen functional groups attached to an aromatic ring is 1. The van der Waals surface area contributed by atoms with Crippen LogP contribution in [0.4, 0.5) is 5.69 Å². The zero-order chi connectivity index (χ0) is 15.1. The second kappa shape index (κ2) is 8.06. The van der Waals surface area contributed by atoms with E-state index in [1.54, 1.807) is 0 Å². The first-order valence-electron chi connectivity index (χ1n) is 8.31. The van der Waals surface area contributed by atoms with Gasteiger partial charge in [0.2, 0.25) is 5.91 Å².